The third-order valence-electron chi connectivity index (χ3n) is 2.38. The lowest BCUT2D eigenvalue weighted by Gasteiger charge is -2.10. The van der Waals surface area contributed by atoms with E-state index in [4.69, 9.17) is 19.3 Å². The lowest BCUT2D eigenvalue weighted by Crippen LogP contribution is -2.25. The second-order valence-corrected chi connectivity index (χ2v) is 4.51. The quantitative estimate of drug-likeness (QED) is 0.404. The van der Waals surface area contributed by atoms with Crippen LogP contribution in [0.25, 0.3) is 0 Å². The summed E-state index contributed by atoms with van der Waals surface area (Å²) in [5.74, 6) is -0.687. The maximum absolute atomic E-state index is 11.3. The first-order chi connectivity index (χ1) is 9.45. The van der Waals surface area contributed by atoms with Crippen molar-refractivity contribution in [1.29, 1.82) is 0 Å². The van der Waals surface area contributed by atoms with Gasteiger partial charge in [0.05, 0.1) is 25.0 Å². The Balaban J connectivity index is 3.43. The summed E-state index contributed by atoms with van der Waals surface area (Å²) < 4.78 is 14.7. The molecular formula is C13H25NO6. The molecule has 20 heavy (non-hydrogen) atoms. The van der Waals surface area contributed by atoms with Crippen molar-refractivity contribution in [1.82, 2.24) is 5.32 Å². The molecule has 0 heterocycles. The van der Waals surface area contributed by atoms with Gasteiger partial charge in [-0.3, -0.25) is 9.59 Å². The number of hydrogen-bond acceptors (Lipinski definition) is 7. The van der Waals surface area contributed by atoms with E-state index >= 15 is 0 Å². The fourth-order valence-electron chi connectivity index (χ4n) is 1.14. The molecule has 0 saturated heterocycles. The average molecular weight is 291 g/mol. The molecule has 0 radical (unpaired) electrons. The van der Waals surface area contributed by atoms with Gasteiger partial charge < -0.3 is 24.6 Å². The minimum atomic E-state index is -0.656. The minimum absolute atomic E-state index is 0.00282. The number of aliphatic hydroxyl groups is 1. The Morgan fingerprint density at radius 2 is 1.55 bits per heavy atom. The van der Waals surface area contributed by atoms with Crippen molar-refractivity contribution >= 4 is 11.9 Å². The highest BCUT2D eigenvalue weighted by Gasteiger charge is 2.07. The molecule has 0 aliphatic heterocycles. The number of aliphatic hydroxyl groups excluding tert-OH is 1. The molecule has 0 saturated carbocycles. The molecule has 0 bridgehead atoms. The van der Waals surface area contributed by atoms with Gasteiger partial charge in [-0.25, -0.2) is 0 Å². The van der Waals surface area contributed by atoms with Crippen LogP contribution in [0.1, 0.15) is 26.7 Å². The minimum Gasteiger partial charge on any atom is -0.463 e. The standard InChI is InChI=1S/C13H25NO6/c1-10(15)8-19-12(16)4-6-14-7-5-13(17)20-9-11(2)18-3/h10-11,14-15H,4-9H2,1-3H3. The molecule has 2 unspecified atom stereocenters. The van der Waals surface area contributed by atoms with Gasteiger partial charge in [0.15, 0.2) is 0 Å². The Morgan fingerprint density at radius 1 is 1.05 bits per heavy atom. The lowest BCUT2D eigenvalue weighted by molar-refractivity contribution is -0.146. The van der Waals surface area contributed by atoms with Crippen molar-refractivity contribution in [2.24, 2.45) is 0 Å². The maximum Gasteiger partial charge on any atom is 0.307 e. The first-order valence-electron chi connectivity index (χ1n) is 6.68. The third-order valence-corrected chi connectivity index (χ3v) is 2.38. The van der Waals surface area contributed by atoms with E-state index < -0.39 is 6.10 Å². The van der Waals surface area contributed by atoms with Crippen LogP contribution in [0.5, 0.6) is 0 Å². The summed E-state index contributed by atoms with van der Waals surface area (Å²) in [5.41, 5.74) is 0. The zero-order valence-corrected chi connectivity index (χ0v) is 12.4. The molecule has 7 heteroatoms. The van der Waals surface area contributed by atoms with Crippen LogP contribution in [0.4, 0.5) is 0 Å². The fraction of sp³-hybridized carbons (Fsp3) is 0.846. The van der Waals surface area contributed by atoms with Gasteiger partial charge in [-0.1, -0.05) is 0 Å². The van der Waals surface area contributed by atoms with Gasteiger partial charge in [0.25, 0.3) is 0 Å². The number of ether oxygens (including phenoxy) is 3. The highest BCUT2D eigenvalue weighted by molar-refractivity contribution is 5.70. The topological polar surface area (TPSA) is 94.1 Å². The predicted octanol–water partition coefficient (Wildman–Crippen LogP) is -0.142. The summed E-state index contributed by atoms with van der Waals surface area (Å²) in [6.07, 6.45) is -0.339. The van der Waals surface area contributed by atoms with Gasteiger partial charge in [0.2, 0.25) is 0 Å². The molecule has 0 spiro atoms. The van der Waals surface area contributed by atoms with Crippen molar-refractivity contribution in [2.75, 3.05) is 33.4 Å². The van der Waals surface area contributed by atoms with Crippen molar-refractivity contribution in [2.45, 2.75) is 38.9 Å². The van der Waals surface area contributed by atoms with Gasteiger partial charge in [-0.2, -0.15) is 0 Å². The molecule has 0 amide bonds. The summed E-state index contributed by atoms with van der Waals surface area (Å²) in [7, 11) is 1.55. The first-order valence-corrected chi connectivity index (χ1v) is 6.68. The molecule has 0 aromatic heterocycles. The van der Waals surface area contributed by atoms with E-state index in [9.17, 15) is 9.59 Å². The van der Waals surface area contributed by atoms with Gasteiger partial charge >= 0.3 is 11.9 Å². The molecule has 0 rings (SSSR count). The Hall–Kier alpha value is -1.18. The first kappa shape index (κ1) is 18.8. The van der Waals surface area contributed by atoms with Crippen LogP contribution in [0.3, 0.4) is 0 Å². The van der Waals surface area contributed by atoms with Crippen molar-refractivity contribution in [3.63, 3.8) is 0 Å². The van der Waals surface area contributed by atoms with Crippen LogP contribution in [0.15, 0.2) is 0 Å². The SMILES string of the molecule is COC(C)COC(=O)CCNCCC(=O)OCC(C)O. The van der Waals surface area contributed by atoms with Crippen molar-refractivity contribution in [3.8, 4) is 0 Å². The summed E-state index contributed by atoms with van der Waals surface area (Å²) in [6.45, 7) is 4.44. The highest BCUT2D eigenvalue weighted by Crippen LogP contribution is 1.93. The molecule has 2 N–H and O–H groups in total. The summed E-state index contributed by atoms with van der Waals surface area (Å²) in [5, 5.41) is 11.9. The van der Waals surface area contributed by atoms with E-state index in [1.807, 2.05) is 6.92 Å². The Labute approximate surface area is 119 Å². The van der Waals surface area contributed by atoms with E-state index in [1.165, 1.54) is 0 Å². The van der Waals surface area contributed by atoms with E-state index in [0.29, 0.717) is 13.1 Å². The summed E-state index contributed by atoms with van der Waals surface area (Å²) >= 11 is 0. The average Bonchev–Trinajstić information content (AvgIpc) is 2.41. The number of methoxy groups -OCH3 is 1. The number of nitrogens with one attached hydrogen (secondary N) is 1. The normalized spacial score (nSPS) is 13.6. The van der Waals surface area contributed by atoms with Crippen LogP contribution < -0.4 is 5.32 Å². The summed E-state index contributed by atoms with van der Waals surface area (Å²) in [6, 6.07) is 0. The monoisotopic (exact) mass is 291 g/mol. The molecule has 2 atom stereocenters. The molecule has 0 fully saturated rings. The Bertz CT molecular complexity index is 282. The number of esters is 2. The molecule has 0 aliphatic carbocycles. The van der Waals surface area contributed by atoms with Crippen molar-refractivity contribution < 1.29 is 28.9 Å². The van der Waals surface area contributed by atoms with E-state index in [-0.39, 0.29) is 44.1 Å². The molecule has 0 aromatic rings. The van der Waals surface area contributed by atoms with Crippen LogP contribution in [-0.4, -0.2) is 62.7 Å². The molecular weight excluding hydrogens is 266 g/mol. The van der Waals surface area contributed by atoms with E-state index in [1.54, 1.807) is 14.0 Å². The van der Waals surface area contributed by atoms with Gasteiger partial charge in [0.1, 0.15) is 13.2 Å². The number of carbonyl (C=O) groups is 2. The Kier molecular flexibility index (Phi) is 10.9. The smallest absolute Gasteiger partial charge is 0.307 e. The highest BCUT2D eigenvalue weighted by atomic mass is 16.6. The maximum atomic E-state index is 11.3. The molecule has 0 aliphatic rings. The largest absolute Gasteiger partial charge is 0.463 e. The third kappa shape index (κ3) is 11.9. The molecule has 7 nitrogen and oxygen atoms in total. The zero-order chi connectivity index (χ0) is 15.4. The van der Waals surface area contributed by atoms with Gasteiger partial charge in [-0.15, -0.1) is 0 Å². The second kappa shape index (κ2) is 11.6. The number of carbonyl (C=O) groups excluding carboxylic acids is 2. The predicted molar refractivity (Wildman–Crippen MR) is 72.2 cm³/mol. The molecule has 0 aromatic carbocycles. The zero-order valence-electron chi connectivity index (χ0n) is 12.4. The number of rotatable bonds is 11. The van der Waals surface area contributed by atoms with Crippen LogP contribution >= 0.6 is 0 Å². The second-order valence-electron chi connectivity index (χ2n) is 4.51. The van der Waals surface area contributed by atoms with E-state index in [2.05, 4.69) is 5.32 Å². The van der Waals surface area contributed by atoms with Crippen LogP contribution in [-0.2, 0) is 23.8 Å². The fourth-order valence-corrected chi connectivity index (χ4v) is 1.14. The van der Waals surface area contributed by atoms with Crippen LogP contribution in [0, 0.1) is 0 Å². The number of hydrogen-bond donors (Lipinski definition) is 2. The molecule has 118 valence electrons. The van der Waals surface area contributed by atoms with Crippen molar-refractivity contribution in [3.05, 3.63) is 0 Å². The van der Waals surface area contributed by atoms with Crippen LogP contribution in [0.2, 0.25) is 0 Å². The summed E-state index contributed by atoms with van der Waals surface area (Å²) in [4.78, 5) is 22.5. The van der Waals surface area contributed by atoms with Gasteiger partial charge in [-0.05, 0) is 13.8 Å². The Morgan fingerprint density at radius 3 is 2.00 bits per heavy atom. The van der Waals surface area contributed by atoms with Gasteiger partial charge in [0, 0.05) is 20.2 Å². The van der Waals surface area contributed by atoms with E-state index in [0.717, 1.165) is 0 Å². The lowest BCUT2D eigenvalue weighted by atomic mass is 10.3.